The fourth-order valence-corrected chi connectivity index (χ4v) is 1.75. The Bertz CT molecular complexity index is 573. The number of benzene rings is 1. The number of hydrogen-bond donors (Lipinski definition) is 4. The van der Waals surface area contributed by atoms with E-state index in [1.807, 2.05) is 0 Å². The molecule has 1 atom stereocenters. The number of rotatable bonds is 5. The van der Waals surface area contributed by atoms with Crippen LogP contribution in [-0.2, 0) is 9.59 Å². The highest BCUT2D eigenvalue weighted by Gasteiger charge is 2.24. The second kappa shape index (κ2) is 6.97. The highest BCUT2D eigenvalue weighted by Crippen LogP contribution is 2.23. The molecule has 1 rings (SSSR count). The van der Waals surface area contributed by atoms with Gasteiger partial charge in [-0.25, -0.2) is 18.4 Å². The lowest BCUT2D eigenvalue weighted by Crippen LogP contribution is -2.44. The van der Waals surface area contributed by atoms with Crippen LogP contribution in [-0.4, -0.2) is 34.2 Å². The Balaban J connectivity index is 2.82. The van der Waals surface area contributed by atoms with Crippen molar-refractivity contribution < 1.29 is 33.4 Å². The van der Waals surface area contributed by atoms with E-state index < -0.39 is 47.8 Å². The fraction of sp³-hybridized carbons (Fsp3) is 0.182. The van der Waals surface area contributed by atoms with E-state index in [0.717, 1.165) is 12.1 Å². The first kappa shape index (κ1) is 16.8. The molecule has 0 heterocycles. The molecule has 21 heavy (non-hydrogen) atoms. The van der Waals surface area contributed by atoms with E-state index >= 15 is 0 Å². The summed E-state index contributed by atoms with van der Waals surface area (Å²) in [5.41, 5.74) is -0.782. The quantitative estimate of drug-likeness (QED) is 0.633. The number of carboxylic acids is 2. The third kappa shape index (κ3) is 4.99. The van der Waals surface area contributed by atoms with E-state index in [0.29, 0.717) is 0 Å². The molecule has 0 aromatic heterocycles. The summed E-state index contributed by atoms with van der Waals surface area (Å²) in [4.78, 5) is 32.7. The van der Waals surface area contributed by atoms with Crippen molar-refractivity contribution in [3.8, 4) is 0 Å². The number of carbonyl (C=O) groups excluding carboxylic acids is 1. The SMILES string of the molecule is O=C(O)C[C@H](NC(=O)Nc1c(F)cc(Br)cc1F)C(=O)O. The van der Waals surface area contributed by atoms with Crippen LogP contribution in [0.15, 0.2) is 16.6 Å². The summed E-state index contributed by atoms with van der Waals surface area (Å²) in [6, 6.07) is -1.19. The highest BCUT2D eigenvalue weighted by molar-refractivity contribution is 9.10. The number of carboxylic acid groups (broad SMARTS) is 2. The van der Waals surface area contributed by atoms with E-state index in [-0.39, 0.29) is 4.47 Å². The molecule has 0 aliphatic carbocycles. The molecule has 0 aliphatic heterocycles. The van der Waals surface area contributed by atoms with E-state index in [1.165, 1.54) is 0 Å². The molecule has 0 bridgehead atoms. The Hall–Kier alpha value is -2.23. The number of urea groups is 1. The number of hydrogen-bond acceptors (Lipinski definition) is 3. The van der Waals surface area contributed by atoms with Gasteiger partial charge in [-0.2, -0.15) is 0 Å². The largest absolute Gasteiger partial charge is 0.481 e. The van der Waals surface area contributed by atoms with E-state index in [9.17, 15) is 23.2 Å². The first-order valence-corrected chi connectivity index (χ1v) is 6.16. The second-order valence-electron chi connectivity index (χ2n) is 3.83. The van der Waals surface area contributed by atoms with Gasteiger partial charge >= 0.3 is 18.0 Å². The van der Waals surface area contributed by atoms with Crippen molar-refractivity contribution in [2.45, 2.75) is 12.5 Å². The van der Waals surface area contributed by atoms with Gasteiger partial charge in [0, 0.05) is 4.47 Å². The minimum absolute atomic E-state index is 0.109. The van der Waals surface area contributed by atoms with Gasteiger partial charge in [-0.05, 0) is 12.1 Å². The van der Waals surface area contributed by atoms with Gasteiger partial charge < -0.3 is 20.8 Å². The van der Waals surface area contributed by atoms with Crippen LogP contribution in [0.2, 0.25) is 0 Å². The first-order chi connectivity index (χ1) is 9.70. The van der Waals surface area contributed by atoms with Crippen molar-refractivity contribution in [1.29, 1.82) is 0 Å². The lowest BCUT2D eigenvalue weighted by molar-refractivity contribution is -0.145. The lowest BCUT2D eigenvalue weighted by atomic mass is 10.2. The number of aliphatic carboxylic acids is 2. The predicted molar refractivity (Wildman–Crippen MR) is 69.9 cm³/mol. The molecule has 0 saturated heterocycles. The molecule has 2 amide bonds. The Labute approximate surface area is 125 Å². The molecular weight excluding hydrogens is 358 g/mol. The smallest absolute Gasteiger partial charge is 0.326 e. The van der Waals surface area contributed by atoms with E-state index in [1.54, 1.807) is 10.6 Å². The van der Waals surface area contributed by atoms with Crippen LogP contribution in [0.1, 0.15) is 6.42 Å². The van der Waals surface area contributed by atoms with Crippen LogP contribution in [0.4, 0.5) is 19.3 Å². The standard InChI is InChI=1S/C11H9BrF2N2O5/c12-4-1-5(13)9(6(14)2-4)16-11(21)15-7(10(19)20)3-8(17)18/h1-2,7H,3H2,(H,17,18)(H,19,20)(H2,15,16,21)/t7-/m0/s1. The summed E-state index contributed by atoms with van der Waals surface area (Å²) >= 11 is 2.85. The van der Waals surface area contributed by atoms with Crippen molar-refractivity contribution in [3.05, 3.63) is 28.2 Å². The average Bonchev–Trinajstić information content (AvgIpc) is 2.32. The van der Waals surface area contributed by atoms with Gasteiger partial charge in [0.05, 0.1) is 6.42 Å². The van der Waals surface area contributed by atoms with Gasteiger partial charge in [0.15, 0.2) is 11.6 Å². The van der Waals surface area contributed by atoms with Crippen molar-refractivity contribution >= 4 is 39.6 Å². The molecule has 0 unspecified atom stereocenters. The molecule has 114 valence electrons. The van der Waals surface area contributed by atoms with Crippen molar-refractivity contribution in [3.63, 3.8) is 0 Å². The molecule has 0 fully saturated rings. The third-order valence-corrected chi connectivity index (χ3v) is 2.69. The van der Waals surface area contributed by atoms with Crippen LogP contribution in [0.3, 0.4) is 0 Å². The van der Waals surface area contributed by atoms with Gasteiger partial charge in [-0.15, -0.1) is 0 Å². The number of amides is 2. The molecular formula is C11H9BrF2N2O5. The molecule has 10 heteroatoms. The Morgan fingerprint density at radius 2 is 1.71 bits per heavy atom. The summed E-state index contributed by atoms with van der Waals surface area (Å²) < 4.78 is 27.0. The first-order valence-electron chi connectivity index (χ1n) is 5.37. The third-order valence-electron chi connectivity index (χ3n) is 2.23. The van der Waals surface area contributed by atoms with Gasteiger partial charge in [0.25, 0.3) is 0 Å². The summed E-state index contributed by atoms with van der Waals surface area (Å²) in [6.45, 7) is 0. The normalized spacial score (nSPS) is 11.6. The van der Waals surface area contributed by atoms with Crippen molar-refractivity contribution in [1.82, 2.24) is 5.32 Å². The highest BCUT2D eigenvalue weighted by atomic mass is 79.9. The zero-order valence-electron chi connectivity index (χ0n) is 10.2. The number of halogens is 3. The molecule has 0 saturated carbocycles. The van der Waals surface area contributed by atoms with E-state index in [2.05, 4.69) is 15.9 Å². The van der Waals surface area contributed by atoms with Gasteiger partial charge in [-0.3, -0.25) is 4.79 Å². The van der Waals surface area contributed by atoms with Crippen LogP contribution in [0.5, 0.6) is 0 Å². The summed E-state index contributed by atoms with van der Waals surface area (Å²) in [5.74, 6) is -5.21. The molecule has 0 radical (unpaired) electrons. The van der Waals surface area contributed by atoms with Gasteiger partial charge in [0.1, 0.15) is 11.7 Å². The van der Waals surface area contributed by atoms with Crippen molar-refractivity contribution in [2.75, 3.05) is 5.32 Å². The molecule has 7 nitrogen and oxygen atoms in total. The molecule has 1 aromatic rings. The van der Waals surface area contributed by atoms with Gasteiger partial charge in [0.2, 0.25) is 0 Å². The molecule has 0 aliphatic rings. The average molecular weight is 367 g/mol. The maximum atomic E-state index is 13.5. The summed E-state index contributed by atoms with van der Waals surface area (Å²) in [5, 5.41) is 20.8. The number of carbonyl (C=O) groups is 3. The minimum Gasteiger partial charge on any atom is -0.481 e. The summed E-state index contributed by atoms with van der Waals surface area (Å²) in [6.07, 6.45) is -0.881. The van der Waals surface area contributed by atoms with E-state index in [4.69, 9.17) is 10.2 Å². The Kier molecular flexibility index (Phi) is 5.59. The topological polar surface area (TPSA) is 116 Å². The maximum Gasteiger partial charge on any atom is 0.326 e. The second-order valence-corrected chi connectivity index (χ2v) is 4.75. The molecule has 4 N–H and O–H groups in total. The predicted octanol–water partition coefficient (Wildman–Crippen LogP) is 1.78. The minimum atomic E-state index is -1.73. The number of nitrogens with one attached hydrogen (secondary N) is 2. The Morgan fingerprint density at radius 3 is 2.14 bits per heavy atom. The summed E-state index contributed by atoms with van der Waals surface area (Å²) in [7, 11) is 0. The van der Waals surface area contributed by atoms with Crippen LogP contribution >= 0.6 is 15.9 Å². The molecule has 0 spiro atoms. The zero-order chi connectivity index (χ0) is 16.2. The monoisotopic (exact) mass is 366 g/mol. The lowest BCUT2D eigenvalue weighted by Gasteiger charge is -2.14. The zero-order valence-corrected chi connectivity index (χ0v) is 11.8. The fourth-order valence-electron chi connectivity index (χ4n) is 1.34. The number of anilines is 1. The van der Waals surface area contributed by atoms with Crippen LogP contribution in [0, 0.1) is 11.6 Å². The van der Waals surface area contributed by atoms with Crippen LogP contribution < -0.4 is 10.6 Å². The maximum absolute atomic E-state index is 13.5. The Morgan fingerprint density at radius 1 is 1.19 bits per heavy atom. The molecule has 1 aromatic carbocycles. The van der Waals surface area contributed by atoms with Gasteiger partial charge in [-0.1, -0.05) is 15.9 Å². The van der Waals surface area contributed by atoms with Crippen molar-refractivity contribution in [2.24, 2.45) is 0 Å². The van der Waals surface area contributed by atoms with Crippen LogP contribution in [0.25, 0.3) is 0 Å².